The van der Waals surface area contributed by atoms with Crippen LogP contribution in [0.1, 0.15) is 11.1 Å². The van der Waals surface area contributed by atoms with Crippen LogP contribution in [0, 0.1) is 5.82 Å². The predicted molar refractivity (Wildman–Crippen MR) is 98.4 cm³/mol. The number of rotatable bonds is 10. The van der Waals surface area contributed by atoms with Crippen molar-refractivity contribution in [3.05, 3.63) is 65.5 Å². The van der Waals surface area contributed by atoms with E-state index in [1.165, 1.54) is 6.07 Å². The fraction of sp³-hybridized carbons (Fsp3) is 0.350. The standard InChI is InChI=1S/C20H25FN2O3/c1-23(10-11-26-19-9-4-3-8-18(19)21)14-20(24)22-13-16-6-5-7-17(12-16)15-25-2/h3-9,12H,10-11,13-15H2,1-2H3,(H,22,24). The number of amides is 1. The first kappa shape index (κ1) is 19.9. The Labute approximate surface area is 153 Å². The number of likely N-dealkylation sites (N-methyl/N-ethyl adjacent to an activating group) is 1. The van der Waals surface area contributed by atoms with Gasteiger partial charge in [0.25, 0.3) is 0 Å². The third-order valence-electron chi connectivity index (χ3n) is 3.77. The van der Waals surface area contributed by atoms with Crippen molar-refractivity contribution in [2.24, 2.45) is 0 Å². The molecule has 0 unspecified atom stereocenters. The number of nitrogens with zero attached hydrogens (tertiary/aromatic N) is 1. The molecule has 0 saturated heterocycles. The molecule has 140 valence electrons. The molecule has 0 radical (unpaired) electrons. The van der Waals surface area contributed by atoms with Crippen LogP contribution in [-0.2, 0) is 22.7 Å². The van der Waals surface area contributed by atoms with E-state index in [0.29, 0.717) is 26.3 Å². The van der Waals surface area contributed by atoms with Gasteiger partial charge in [0.1, 0.15) is 6.61 Å². The van der Waals surface area contributed by atoms with Gasteiger partial charge in [-0.1, -0.05) is 36.4 Å². The number of benzene rings is 2. The van der Waals surface area contributed by atoms with E-state index < -0.39 is 0 Å². The van der Waals surface area contributed by atoms with Crippen molar-refractivity contribution >= 4 is 5.91 Å². The van der Waals surface area contributed by atoms with Crippen molar-refractivity contribution < 1.29 is 18.7 Å². The number of methoxy groups -OCH3 is 1. The fourth-order valence-corrected chi connectivity index (χ4v) is 2.45. The maximum atomic E-state index is 13.5. The van der Waals surface area contributed by atoms with Gasteiger partial charge in [0.05, 0.1) is 13.2 Å². The van der Waals surface area contributed by atoms with Crippen LogP contribution in [0.3, 0.4) is 0 Å². The van der Waals surface area contributed by atoms with E-state index in [2.05, 4.69) is 5.32 Å². The Balaban J connectivity index is 1.68. The van der Waals surface area contributed by atoms with Crippen LogP contribution in [-0.4, -0.2) is 44.7 Å². The molecule has 0 spiro atoms. The van der Waals surface area contributed by atoms with Gasteiger partial charge in [0.2, 0.25) is 5.91 Å². The molecule has 2 aromatic rings. The summed E-state index contributed by atoms with van der Waals surface area (Å²) in [6.45, 7) is 2.09. The zero-order valence-corrected chi connectivity index (χ0v) is 15.2. The molecule has 0 fully saturated rings. The van der Waals surface area contributed by atoms with E-state index in [0.717, 1.165) is 11.1 Å². The lowest BCUT2D eigenvalue weighted by atomic mass is 10.1. The molecule has 0 bridgehead atoms. The number of carbonyl (C=O) groups is 1. The molecular formula is C20H25FN2O3. The van der Waals surface area contributed by atoms with Gasteiger partial charge in [-0.05, 0) is 30.3 Å². The fourth-order valence-electron chi connectivity index (χ4n) is 2.45. The van der Waals surface area contributed by atoms with Gasteiger partial charge >= 0.3 is 0 Å². The highest BCUT2D eigenvalue weighted by Crippen LogP contribution is 2.14. The molecule has 5 nitrogen and oxygen atoms in total. The van der Waals surface area contributed by atoms with Crippen molar-refractivity contribution in [3.8, 4) is 5.75 Å². The average Bonchev–Trinajstić information content (AvgIpc) is 2.62. The van der Waals surface area contributed by atoms with Gasteiger partial charge in [-0.15, -0.1) is 0 Å². The Bertz CT molecular complexity index is 709. The first-order chi connectivity index (χ1) is 12.6. The monoisotopic (exact) mass is 360 g/mol. The number of hydrogen-bond acceptors (Lipinski definition) is 4. The number of hydrogen-bond donors (Lipinski definition) is 1. The third-order valence-corrected chi connectivity index (χ3v) is 3.77. The number of para-hydroxylation sites is 1. The van der Waals surface area contributed by atoms with Crippen LogP contribution >= 0.6 is 0 Å². The summed E-state index contributed by atoms with van der Waals surface area (Å²) in [6, 6.07) is 14.2. The molecule has 1 amide bonds. The van der Waals surface area contributed by atoms with Crippen molar-refractivity contribution in [1.82, 2.24) is 10.2 Å². The largest absolute Gasteiger partial charge is 0.489 e. The van der Waals surface area contributed by atoms with Crippen LogP contribution in [0.15, 0.2) is 48.5 Å². The minimum Gasteiger partial charge on any atom is -0.489 e. The summed E-state index contributed by atoms with van der Waals surface area (Å²) < 4.78 is 24.0. The number of nitrogens with one attached hydrogen (secondary N) is 1. The molecule has 2 rings (SSSR count). The first-order valence-electron chi connectivity index (χ1n) is 8.48. The zero-order valence-electron chi connectivity index (χ0n) is 15.2. The van der Waals surface area contributed by atoms with Gasteiger partial charge in [0, 0.05) is 20.2 Å². The van der Waals surface area contributed by atoms with Gasteiger partial charge in [-0.25, -0.2) is 4.39 Å². The Morgan fingerprint density at radius 3 is 2.69 bits per heavy atom. The van der Waals surface area contributed by atoms with Crippen LogP contribution in [0.5, 0.6) is 5.75 Å². The predicted octanol–water partition coefficient (Wildman–Crippen LogP) is 2.60. The minimum absolute atomic E-state index is 0.0736. The maximum absolute atomic E-state index is 13.5. The Morgan fingerprint density at radius 1 is 1.15 bits per heavy atom. The van der Waals surface area contributed by atoms with Crippen LogP contribution in [0.2, 0.25) is 0 Å². The minimum atomic E-state index is -0.386. The molecule has 0 atom stereocenters. The van der Waals surface area contributed by atoms with Gasteiger partial charge in [0.15, 0.2) is 11.6 Å². The quantitative estimate of drug-likeness (QED) is 0.708. The Hall–Kier alpha value is -2.44. The second-order valence-electron chi connectivity index (χ2n) is 6.05. The molecule has 0 aromatic heterocycles. The van der Waals surface area contributed by atoms with E-state index in [-0.39, 0.29) is 24.0 Å². The number of carbonyl (C=O) groups excluding carboxylic acids is 1. The number of halogens is 1. The Morgan fingerprint density at radius 2 is 1.92 bits per heavy atom. The highest BCUT2D eigenvalue weighted by atomic mass is 19.1. The summed E-state index contributed by atoms with van der Waals surface area (Å²) in [5, 5.41) is 2.89. The van der Waals surface area contributed by atoms with Crippen LogP contribution < -0.4 is 10.1 Å². The van der Waals surface area contributed by atoms with Crippen molar-refractivity contribution in [3.63, 3.8) is 0 Å². The molecule has 6 heteroatoms. The summed E-state index contributed by atoms with van der Waals surface area (Å²) in [4.78, 5) is 13.9. The van der Waals surface area contributed by atoms with Gasteiger partial charge in [-0.2, -0.15) is 0 Å². The van der Waals surface area contributed by atoms with E-state index in [9.17, 15) is 9.18 Å². The van der Waals surface area contributed by atoms with E-state index in [1.807, 2.05) is 36.2 Å². The average molecular weight is 360 g/mol. The SMILES string of the molecule is COCc1cccc(CNC(=O)CN(C)CCOc2ccccc2F)c1. The summed E-state index contributed by atoms with van der Waals surface area (Å²) >= 11 is 0. The van der Waals surface area contributed by atoms with Crippen LogP contribution in [0.25, 0.3) is 0 Å². The summed E-state index contributed by atoms with van der Waals surface area (Å²) in [5.74, 6) is -0.236. The normalized spacial score (nSPS) is 10.8. The van der Waals surface area contributed by atoms with Crippen LogP contribution in [0.4, 0.5) is 4.39 Å². The second-order valence-corrected chi connectivity index (χ2v) is 6.05. The molecular weight excluding hydrogens is 335 g/mol. The van der Waals surface area contributed by atoms with Crippen molar-refractivity contribution in [2.45, 2.75) is 13.2 Å². The second kappa shape index (κ2) is 10.5. The highest BCUT2D eigenvalue weighted by molar-refractivity contribution is 5.77. The summed E-state index contributed by atoms with van der Waals surface area (Å²) in [5.41, 5.74) is 2.10. The summed E-state index contributed by atoms with van der Waals surface area (Å²) in [7, 11) is 3.48. The third kappa shape index (κ3) is 6.82. The van der Waals surface area contributed by atoms with Gasteiger partial charge < -0.3 is 14.8 Å². The molecule has 26 heavy (non-hydrogen) atoms. The van der Waals surface area contributed by atoms with Gasteiger partial charge in [-0.3, -0.25) is 9.69 Å². The molecule has 0 heterocycles. The highest BCUT2D eigenvalue weighted by Gasteiger charge is 2.08. The summed E-state index contributed by atoms with van der Waals surface area (Å²) in [6.07, 6.45) is 0. The molecule has 0 aliphatic rings. The zero-order chi connectivity index (χ0) is 18.8. The Kier molecular flexibility index (Phi) is 8.05. The molecule has 0 aliphatic carbocycles. The van der Waals surface area contributed by atoms with Crippen molar-refractivity contribution in [1.29, 1.82) is 0 Å². The topological polar surface area (TPSA) is 50.8 Å². The molecule has 1 N–H and O–H groups in total. The molecule has 0 saturated carbocycles. The smallest absolute Gasteiger partial charge is 0.234 e. The lowest BCUT2D eigenvalue weighted by Crippen LogP contribution is -2.36. The lowest BCUT2D eigenvalue weighted by molar-refractivity contribution is -0.122. The van der Waals surface area contributed by atoms with Crippen molar-refractivity contribution in [2.75, 3.05) is 33.9 Å². The molecule has 2 aromatic carbocycles. The van der Waals surface area contributed by atoms with E-state index >= 15 is 0 Å². The van der Waals surface area contributed by atoms with E-state index in [4.69, 9.17) is 9.47 Å². The number of ether oxygens (including phenoxy) is 2. The lowest BCUT2D eigenvalue weighted by Gasteiger charge is -2.17. The first-order valence-corrected chi connectivity index (χ1v) is 8.48. The maximum Gasteiger partial charge on any atom is 0.234 e. The molecule has 0 aliphatic heterocycles. The van der Waals surface area contributed by atoms with E-state index in [1.54, 1.807) is 25.3 Å².